The molecule has 5 nitrogen and oxygen atoms in total. The molecule has 128 valence electrons. The van der Waals surface area contributed by atoms with Gasteiger partial charge in [-0.05, 0) is 43.5 Å². The lowest BCUT2D eigenvalue weighted by atomic mass is 10.2. The molecule has 1 heterocycles. The van der Waals surface area contributed by atoms with Gasteiger partial charge in [-0.15, -0.1) is 0 Å². The summed E-state index contributed by atoms with van der Waals surface area (Å²) in [7, 11) is 0. The van der Waals surface area contributed by atoms with Gasteiger partial charge in [-0.25, -0.2) is 4.79 Å². The van der Waals surface area contributed by atoms with Crippen LogP contribution in [0.15, 0.2) is 49.9 Å². The summed E-state index contributed by atoms with van der Waals surface area (Å²) in [4.78, 5) is 27.8. The van der Waals surface area contributed by atoms with Crippen LogP contribution in [-0.4, -0.2) is 21.3 Å². The molecule has 0 aliphatic carbocycles. The summed E-state index contributed by atoms with van der Waals surface area (Å²) in [5.74, 6) is 0. The second-order valence-electron chi connectivity index (χ2n) is 5.59. The normalized spacial score (nSPS) is 11.3. The average Bonchev–Trinajstić information content (AvgIpc) is 2.49. The van der Waals surface area contributed by atoms with E-state index in [1.807, 2.05) is 32.9 Å². The third-order valence-electron chi connectivity index (χ3n) is 3.57. The molecule has 1 aromatic carbocycles. The number of aryl methyl sites for hydroxylation is 2. The molecule has 1 aromatic heterocycles. The number of aromatic nitrogens is 2. The second-order valence-corrected chi connectivity index (χ2v) is 6.65. The lowest BCUT2D eigenvalue weighted by Gasteiger charge is -2.14. The molecule has 0 atom stereocenters. The van der Waals surface area contributed by atoms with E-state index < -0.39 is 5.69 Å². The molecular formula is C18H22N2O3S. The summed E-state index contributed by atoms with van der Waals surface area (Å²) in [5, 5.41) is 9.54. The molecule has 0 aliphatic rings. The van der Waals surface area contributed by atoms with Crippen molar-refractivity contribution in [3.63, 3.8) is 0 Å². The third-order valence-corrected chi connectivity index (χ3v) is 4.70. The highest BCUT2D eigenvalue weighted by Gasteiger charge is 2.14. The van der Waals surface area contributed by atoms with Gasteiger partial charge in [-0.2, -0.15) is 0 Å². The predicted octanol–water partition coefficient (Wildman–Crippen LogP) is 2.42. The Morgan fingerprint density at radius 1 is 1.17 bits per heavy atom. The van der Waals surface area contributed by atoms with E-state index in [-0.39, 0.29) is 12.2 Å². The highest BCUT2D eigenvalue weighted by Crippen LogP contribution is 2.30. The molecule has 0 saturated carbocycles. The molecule has 0 aliphatic heterocycles. The van der Waals surface area contributed by atoms with Crippen molar-refractivity contribution >= 4 is 11.8 Å². The zero-order chi connectivity index (χ0) is 17.7. The standard InChI is InChI=1S/C18H22N2O3S/c1-4-15-16(22)19-18(23)20(7-5-6-8-21)17(15)24-14-10-12(2)9-13(3)11-14/h5-6,9-11,21H,4,7-8H2,1-3H3,(H,19,22,23)/b6-5+. The van der Waals surface area contributed by atoms with Crippen LogP contribution in [0.3, 0.4) is 0 Å². The molecule has 0 fully saturated rings. The zero-order valence-corrected chi connectivity index (χ0v) is 14.9. The first-order valence-electron chi connectivity index (χ1n) is 7.84. The van der Waals surface area contributed by atoms with E-state index in [1.54, 1.807) is 12.2 Å². The topological polar surface area (TPSA) is 75.1 Å². The molecule has 0 unspecified atom stereocenters. The molecule has 0 spiro atoms. The first-order valence-corrected chi connectivity index (χ1v) is 8.66. The van der Waals surface area contributed by atoms with Crippen LogP contribution in [0.4, 0.5) is 0 Å². The van der Waals surface area contributed by atoms with Crippen molar-refractivity contribution in [2.45, 2.75) is 43.7 Å². The van der Waals surface area contributed by atoms with Gasteiger partial charge in [-0.1, -0.05) is 36.9 Å². The number of aliphatic hydroxyl groups excluding tert-OH is 1. The van der Waals surface area contributed by atoms with Crippen molar-refractivity contribution < 1.29 is 5.11 Å². The Hall–Kier alpha value is -2.05. The summed E-state index contributed by atoms with van der Waals surface area (Å²) < 4.78 is 1.54. The number of allylic oxidation sites excluding steroid dienone is 1. The molecule has 0 bridgehead atoms. The fourth-order valence-corrected chi connectivity index (χ4v) is 3.89. The lowest BCUT2D eigenvalue weighted by molar-refractivity contribution is 0.342. The number of aliphatic hydroxyl groups is 1. The molecule has 0 amide bonds. The van der Waals surface area contributed by atoms with Gasteiger partial charge >= 0.3 is 5.69 Å². The number of nitrogens with zero attached hydrogens (tertiary/aromatic N) is 1. The van der Waals surface area contributed by atoms with Gasteiger partial charge in [0.25, 0.3) is 5.56 Å². The Labute approximate surface area is 145 Å². The van der Waals surface area contributed by atoms with Crippen LogP contribution in [0.2, 0.25) is 0 Å². The number of rotatable bonds is 6. The van der Waals surface area contributed by atoms with E-state index in [2.05, 4.69) is 11.1 Å². The Bertz CT molecular complexity index is 845. The average molecular weight is 346 g/mol. The molecular weight excluding hydrogens is 324 g/mol. The van der Waals surface area contributed by atoms with Crippen molar-refractivity contribution in [2.24, 2.45) is 0 Å². The Morgan fingerprint density at radius 2 is 1.83 bits per heavy atom. The van der Waals surface area contributed by atoms with E-state index >= 15 is 0 Å². The summed E-state index contributed by atoms with van der Waals surface area (Å²) in [6.07, 6.45) is 3.82. The van der Waals surface area contributed by atoms with Gasteiger partial charge in [-0.3, -0.25) is 14.3 Å². The zero-order valence-electron chi connectivity index (χ0n) is 14.1. The minimum Gasteiger partial charge on any atom is -0.392 e. The quantitative estimate of drug-likeness (QED) is 0.622. The maximum Gasteiger partial charge on any atom is 0.329 e. The van der Waals surface area contributed by atoms with Crippen LogP contribution < -0.4 is 11.2 Å². The monoisotopic (exact) mass is 346 g/mol. The van der Waals surface area contributed by atoms with Crippen LogP contribution in [0.25, 0.3) is 0 Å². The van der Waals surface area contributed by atoms with Crippen molar-refractivity contribution in [1.82, 2.24) is 9.55 Å². The predicted molar refractivity (Wildman–Crippen MR) is 97.0 cm³/mol. The Kier molecular flexibility index (Phi) is 6.23. The summed E-state index contributed by atoms with van der Waals surface area (Å²) >= 11 is 1.43. The molecule has 0 saturated heterocycles. The molecule has 6 heteroatoms. The van der Waals surface area contributed by atoms with Crippen molar-refractivity contribution in [1.29, 1.82) is 0 Å². The summed E-state index contributed by atoms with van der Waals surface area (Å²) in [6.45, 7) is 6.16. The molecule has 2 N–H and O–H groups in total. The van der Waals surface area contributed by atoms with E-state index in [4.69, 9.17) is 5.11 Å². The fraction of sp³-hybridized carbons (Fsp3) is 0.333. The van der Waals surface area contributed by atoms with Gasteiger partial charge in [0.05, 0.1) is 11.6 Å². The number of nitrogens with one attached hydrogen (secondary N) is 1. The largest absolute Gasteiger partial charge is 0.392 e. The highest BCUT2D eigenvalue weighted by molar-refractivity contribution is 7.99. The van der Waals surface area contributed by atoms with Crippen LogP contribution in [0.5, 0.6) is 0 Å². The number of hydrogen-bond acceptors (Lipinski definition) is 4. The Balaban J connectivity index is 2.58. The van der Waals surface area contributed by atoms with E-state index in [9.17, 15) is 9.59 Å². The maximum atomic E-state index is 12.2. The lowest BCUT2D eigenvalue weighted by Crippen LogP contribution is -2.33. The molecule has 0 radical (unpaired) electrons. The van der Waals surface area contributed by atoms with Gasteiger partial charge in [0.2, 0.25) is 0 Å². The number of benzene rings is 1. The van der Waals surface area contributed by atoms with Crippen LogP contribution in [-0.2, 0) is 13.0 Å². The number of H-pyrrole nitrogens is 1. The first-order chi connectivity index (χ1) is 11.5. The highest BCUT2D eigenvalue weighted by atomic mass is 32.2. The number of aromatic amines is 1. The Morgan fingerprint density at radius 3 is 2.42 bits per heavy atom. The van der Waals surface area contributed by atoms with E-state index in [0.29, 0.717) is 23.6 Å². The second kappa shape index (κ2) is 8.17. The van der Waals surface area contributed by atoms with Crippen LogP contribution in [0, 0.1) is 13.8 Å². The maximum absolute atomic E-state index is 12.2. The van der Waals surface area contributed by atoms with Crippen molar-refractivity contribution in [3.8, 4) is 0 Å². The van der Waals surface area contributed by atoms with E-state index in [0.717, 1.165) is 16.0 Å². The number of hydrogen-bond donors (Lipinski definition) is 2. The molecule has 2 rings (SSSR count). The summed E-state index contributed by atoms with van der Waals surface area (Å²) in [5.41, 5.74) is 2.09. The smallest absolute Gasteiger partial charge is 0.329 e. The van der Waals surface area contributed by atoms with Gasteiger partial charge < -0.3 is 5.11 Å². The van der Waals surface area contributed by atoms with E-state index in [1.165, 1.54) is 16.3 Å². The van der Waals surface area contributed by atoms with Gasteiger partial charge in [0.15, 0.2) is 0 Å². The van der Waals surface area contributed by atoms with Crippen LogP contribution in [0.1, 0.15) is 23.6 Å². The minimum atomic E-state index is -0.438. The molecule has 2 aromatic rings. The van der Waals surface area contributed by atoms with Crippen LogP contribution >= 0.6 is 11.8 Å². The van der Waals surface area contributed by atoms with Gasteiger partial charge in [0, 0.05) is 17.0 Å². The molecule has 24 heavy (non-hydrogen) atoms. The summed E-state index contributed by atoms with van der Waals surface area (Å²) in [6, 6.07) is 6.16. The first kappa shape index (κ1) is 18.3. The third kappa shape index (κ3) is 4.27. The van der Waals surface area contributed by atoms with Gasteiger partial charge in [0.1, 0.15) is 0 Å². The fourth-order valence-electron chi connectivity index (χ4n) is 2.54. The SMILES string of the molecule is CCc1c(Sc2cc(C)cc(C)c2)n(C/C=C/CO)c(=O)[nH]c1=O. The minimum absolute atomic E-state index is 0.0850. The van der Waals surface area contributed by atoms with Crippen molar-refractivity contribution in [3.05, 3.63) is 67.9 Å². The van der Waals surface area contributed by atoms with Crippen molar-refractivity contribution in [2.75, 3.05) is 6.61 Å².